The number of hydrogen-bond donors (Lipinski definition) is 2. The van der Waals surface area contributed by atoms with Gasteiger partial charge in [0, 0.05) is 6.54 Å². The van der Waals surface area contributed by atoms with E-state index in [0.29, 0.717) is 18.4 Å². The van der Waals surface area contributed by atoms with Crippen molar-refractivity contribution in [3.63, 3.8) is 0 Å². The van der Waals surface area contributed by atoms with Gasteiger partial charge in [-0.1, -0.05) is 60.3 Å². The molecule has 0 bridgehead atoms. The van der Waals surface area contributed by atoms with Gasteiger partial charge in [0.05, 0.1) is 7.11 Å². The summed E-state index contributed by atoms with van der Waals surface area (Å²) in [7, 11) is 1.37. The van der Waals surface area contributed by atoms with Crippen molar-refractivity contribution in [1.82, 2.24) is 15.5 Å². The first kappa shape index (κ1) is 32.6. The topological polar surface area (TPSA) is 114 Å². The molecule has 9 nitrogen and oxygen atoms in total. The summed E-state index contributed by atoms with van der Waals surface area (Å²) in [5.74, 6) is -1.11. The molecule has 4 atom stereocenters. The van der Waals surface area contributed by atoms with Gasteiger partial charge in [-0.2, -0.15) is 0 Å². The molecule has 3 aliphatic carbocycles. The van der Waals surface area contributed by atoms with Crippen LogP contribution in [0.4, 0.5) is 4.79 Å². The molecule has 0 aromatic carbocycles. The number of carbonyl (C=O) groups is 4. The second-order valence-corrected chi connectivity index (χ2v) is 16.3. The highest BCUT2D eigenvalue weighted by Gasteiger charge is 2.73. The molecule has 2 spiro atoms. The number of likely N-dealkylation sites (tertiary alicyclic amines) is 1. The van der Waals surface area contributed by atoms with Crippen LogP contribution in [-0.2, 0) is 23.9 Å². The monoisotopic (exact) mass is 589 g/mol. The zero-order chi connectivity index (χ0) is 31.3. The largest absolute Gasteiger partial charge is 0.467 e. The highest BCUT2D eigenvalue weighted by molar-refractivity contribution is 5.94. The summed E-state index contributed by atoms with van der Waals surface area (Å²) < 4.78 is 10.7. The van der Waals surface area contributed by atoms with E-state index in [0.717, 1.165) is 38.5 Å². The molecule has 4 aliphatic rings. The fourth-order valence-corrected chi connectivity index (χ4v) is 8.44. The Morgan fingerprint density at radius 3 is 1.98 bits per heavy atom. The molecule has 238 valence electrons. The Morgan fingerprint density at radius 2 is 1.50 bits per heavy atom. The third kappa shape index (κ3) is 5.90. The van der Waals surface area contributed by atoms with Crippen molar-refractivity contribution >= 4 is 23.9 Å². The van der Waals surface area contributed by atoms with Crippen LogP contribution >= 0.6 is 0 Å². The van der Waals surface area contributed by atoms with Gasteiger partial charge in [0.2, 0.25) is 11.8 Å². The van der Waals surface area contributed by atoms with Crippen LogP contribution in [0.1, 0.15) is 120 Å². The number of rotatable bonds is 6. The van der Waals surface area contributed by atoms with E-state index >= 15 is 0 Å². The van der Waals surface area contributed by atoms with Crippen LogP contribution < -0.4 is 10.6 Å². The molecular weight excluding hydrogens is 534 g/mol. The Kier molecular flexibility index (Phi) is 8.78. The number of amides is 3. The number of carbonyl (C=O) groups excluding carboxylic acids is 4. The van der Waals surface area contributed by atoms with Gasteiger partial charge >= 0.3 is 12.1 Å². The van der Waals surface area contributed by atoms with Crippen LogP contribution in [0.5, 0.6) is 0 Å². The SMILES string of the molecule is COC(=O)[C@@H]1C[C@]2(CN1C(=O)[C@@H](NC(=O)[C@@H](NC(=O)OC(C)(C)C)C1CCCCC1)C(C)(C)C)CC1(CCC1)C2(C)C. The molecule has 4 rings (SSSR count). The van der Waals surface area contributed by atoms with Gasteiger partial charge in [-0.25, -0.2) is 9.59 Å². The number of ether oxygens (including phenoxy) is 2. The summed E-state index contributed by atoms with van der Waals surface area (Å²) in [6, 6.07) is -2.39. The molecule has 3 saturated carbocycles. The van der Waals surface area contributed by atoms with Crippen molar-refractivity contribution in [1.29, 1.82) is 0 Å². The normalized spacial score (nSPS) is 28.3. The van der Waals surface area contributed by atoms with E-state index in [-0.39, 0.29) is 28.6 Å². The molecule has 4 fully saturated rings. The number of nitrogens with one attached hydrogen (secondary N) is 2. The maximum absolute atomic E-state index is 14.4. The molecule has 1 aliphatic heterocycles. The van der Waals surface area contributed by atoms with Crippen molar-refractivity contribution in [3.8, 4) is 0 Å². The number of alkyl carbamates (subject to hydrolysis) is 1. The van der Waals surface area contributed by atoms with E-state index in [1.165, 1.54) is 26.4 Å². The Hall–Kier alpha value is -2.32. The second kappa shape index (κ2) is 11.3. The molecular formula is C33H55N3O6. The van der Waals surface area contributed by atoms with Crippen molar-refractivity contribution < 1.29 is 28.7 Å². The molecule has 9 heteroatoms. The smallest absolute Gasteiger partial charge is 0.408 e. The van der Waals surface area contributed by atoms with Crippen molar-refractivity contribution in [3.05, 3.63) is 0 Å². The van der Waals surface area contributed by atoms with E-state index in [4.69, 9.17) is 9.47 Å². The van der Waals surface area contributed by atoms with Gasteiger partial charge in [0.15, 0.2) is 0 Å². The lowest BCUT2D eigenvalue weighted by atomic mass is 9.32. The average Bonchev–Trinajstić information content (AvgIpc) is 3.28. The summed E-state index contributed by atoms with van der Waals surface area (Å²) in [5, 5.41) is 5.88. The highest BCUT2D eigenvalue weighted by atomic mass is 16.6. The van der Waals surface area contributed by atoms with Crippen LogP contribution in [0.3, 0.4) is 0 Å². The Bertz CT molecular complexity index is 1060. The average molecular weight is 590 g/mol. The number of hydrogen-bond acceptors (Lipinski definition) is 6. The van der Waals surface area contributed by atoms with Gasteiger partial charge in [-0.05, 0) is 86.9 Å². The quantitative estimate of drug-likeness (QED) is 0.404. The summed E-state index contributed by atoms with van der Waals surface area (Å²) in [6.07, 6.45) is 9.30. The predicted octanol–water partition coefficient (Wildman–Crippen LogP) is 5.35. The van der Waals surface area contributed by atoms with Crippen LogP contribution in [0, 0.1) is 27.6 Å². The zero-order valence-corrected chi connectivity index (χ0v) is 27.5. The van der Waals surface area contributed by atoms with Gasteiger partial charge in [-0.15, -0.1) is 0 Å². The first-order chi connectivity index (χ1) is 19.4. The van der Waals surface area contributed by atoms with E-state index in [1.807, 2.05) is 20.8 Å². The molecule has 1 saturated heterocycles. The van der Waals surface area contributed by atoms with Gasteiger partial charge in [0.1, 0.15) is 23.7 Å². The summed E-state index contributed by atoms with van der Waals surface area (Å²) >= 11 is 0. The van der Waals surface area contributed by atoms with Gasteiger partial charge < -0.3 is 25.0 Å². The van der Waals surface area contributed by atoms with E-state index < -0.39 is 41.2 Å². The Morgan fingerprint density at radius 1 is 0.881 bits per heavy atom. The Balaban J connectivity index is 1.58. The summed E-state index contributed by atoms with van der Waals surface area (Å²) in [4.78, 5) is 56.0. The summed E-state index contributed by atoms with van der Waals surface area (Å²) in [6.45, 7) is 16.2. The maximum Gasteiger partial charge on any atom is 0.408 e. The van der Waals surface area contributed by atoms with E-state index in [2.05, 4.69) is 24.5 Å². The van der Waals surface area contributed by atoms with Gasteiger partial charge in [-0.3, -0.25) is 9.59 Å². The van der Waals surface area contributed by atoms with Crippen LogP contribution in [0.25, 0.3) is 0 Å². The zero-order valence-electron chi connectivity index (χ0n) is 27.5. The molecule has 2 N–H and O–H groups in total. The lowest BCUT2D eigenvalue weighted by Crippen LogP contribution is -2.66. The molecule has 1 heterocycles. The Labute approximate surface area is 252 Å². The van der Waals surface area contributed by atoms with Gasteiger partial charge in [0.25, 0.3) is 0 Å². The summed E-state index contributed by atoms with van der Waals surface area (Å²) in [5.41, 5.74) is -1.20. The van der Waals surface area contributed by atoms with Crippen LogP contribution in [0.15, 0.2) is 0 Å². The number of nitrogens with zero attached hydrogens (tertiary/aromatic N) is 1. The molecule has 0 radical (unpaired) electrons. The highest BCUT2D eigenvalue weighted by Crippen LogP contribution is 2.77. The lowest BCUT2D eigenvalue weighted by molar-refractivity contribution is -0.231. The standard InChI is InChI=1S/C33H55N3O6/c1-29(2,3)24(35-25(37)23(21-14-11-10-12-15-21)34-28(40)42-30(4,5)6)26(38)36-20-33(18-22(36)27(39)41-9)19-32(16-13-17-32)31(33,7)8/h21-24H,10-20H2,1-9H3,(H,34,40)(H,35,37)/t22-,23-,24+,33+/m0/s1. The third-order valence-electron chi connectivity index (χ3n) is 11.3. The number of methoxy groups -OCH3 is 1. The number of esters is 1. The first-order valence-electron chi connectivity index (χ1n) is 16.0. The van der Waals surface area contributed by atoms with Crippen LogP contribution in [0.2, 0.25) is 0 Å². The van der Waals surface area contributed by atoms with E-state index in [1.54, 1.807) is 25.7 Å². The maximum atomic E-state index is 14.4. The minimum Gasteiger partial charge on any atom is -0.467 e. The third-order valence-corrected chi connectivity index (χ3v) is 11.3. The fraction of sp³-hybridized carbons (Fsp3) is 0.879. The van der Waals surface area contributed by atoms with Crippen LogP contribution in [-0.4, -0.2) is 66.2 Å². The van der Waals surface area contributed by atoms with Crippen molar-refractivity contribution in [2.24, 2.45) is 27.6 Å². The fourth-order valence-electron chi connectivity index (χ4n) is 8.44. The van der Waals surface area contributed by atoms with Crippen molar-refractivity contribution in [2.45, 2.75) is 143 Å². The minimum atomic E-state index is -0.889. The molecule has 0 aromatic rings. The minimum absolute atomic E-state index is 0.00341. The van der Waals surface area contributed by atoms with Crippen molar-refractivity contribution in [2.75, 3.05) is 13.7 Å². The molecule has 0 unspecified atom stereocenters. The molecule has 42 heavy (non-hydrogen) atoms. The molecule has 3 amide bonds. The first-order valence-corrected chi connectivity index (χ1v) is 16.0. The second-order valence-electron chi connectivity index (χ2n) is 16.3. The predicted molar refractivity (Wildman–Crippen MR) is 160 cm³/mol. The van der Waals surface area contributed by atoms with E-state index in [9.17, 15) is 19.2 Å². The lowest BCUT2D eigenvalue weighted by Gasteiger charge is -2.72. The molecule has 0 aromatic heterocycles.